The fourth-order valence-electron chi connectivity index (χ4n) is 2.67. The van der Waals surface area contributed by atoms with Gasteiger partial charge in [-0.05, 0) is 59.2 Å². The lowest BCUT2D eigenvalue weighted by atomic mass is 10.0. The molecule has 1 aromatic carbocycles. The highest BCUT2D eigenvalue weighted by Crippen LogP contribution is 2.18. The van der Waals surface area contributed by atoms with Gasteiger partial charge in [0, 0.05) is 37.0 Å². The van der Waals surface area contributed by atoms with Crippen molar-refractivity contribution in [3.63, 3.8) is 0 Å². The first-order valence-corrected chi connectivity index (χ1v) is 11.1. The molecule has 1 aromatic rings. The van der Waals surface area contributed by atoms with E-state index < -0.39 is 29.3 Å². The number of hydrogen-bond donors (Lipinski definition) is 1. The summed E-state index contributed by atoms with van der Waals surface area (Å²) in [6.07, 6.45) is -0.384. The second-order valence-corrected chi connectivity index (χ2v) is 9.72. The number of carbonyl (C=O) groups is 2. The van der Waals surface area contributed by atoms with Gasteiger partial charge in [0.2, 0.25) is 0 Å². The molecule has 1 N–H and O–H groups in total. The van der Waals surface area contributed by atoms with Crippen molar-refractivity contribution < 1.29 is 19.1 Å². The summed E-state index contributed by atoms with van der Waals surface area (Å²) in [6.45, 7) is 12.0. The van der Waals surface area contributed by atoms with Crippen molar-refractivity contribution in [3.05, 3.63) is 29.8 Å². The van der Waals surface area contributed by atoms with Crippen molar-refractivity contribution in [2.24, 2.45) is 0 Å². The maximum atomic E-state index is 12.7. The molecule has 0 aromatic heterocycles. The number of nitrogens with one attached hydrogen (secondary N) is 1. The van der Waals surface area contributed by atoms with Gasteiger partial charge in [-0.3, -0.25) is 0 Å². The van der Waals surface area contributed by atoms with Gasteiger partial charge in [-0.25, -0.2) is 9.59 Å². The number of hydrogen-bond acceptors (Lipinski definition) is 5. The van der Waals surface area contributed by atoms with Gasteiger partial charge in [0.05, 0.1) is 0 Å². The standard InChI is InChI=1S/C22H34Cl2N2O4/c1-21(2,3)29-19(27)18(25-20(28)30-22(4,5)6)15-16-7-9-17(10-8-16)26(13-11-23)14-12-24/h7-10,18H,11-15H2,1-6H3,(H,25,28)/t18-/m0/s1. The number of esters is 1. The second kappa shape index (κ2) is 11.7. The first kappa shape index (κ1) is 26.4. The molecular formula is C22H34Cl2N2O4. The van der Waals surface area contributed by atoms with E-state index in [4.69, 9.17) is 32.7 Å². The fourth-order valence-corrected chi connectivity index (χ4v) is 3.08. The highest BCUT2D eigenvalue weighted by atomic mass is 35.5. The summed E-state index contributed by atoms with van der Waals surface area (Å²) in [5.41, 5.74) is 0.535. The molecular weight excluding hydrogens is 427 g/mol. The van der Waals surface area contributed by atoms with Gasteiger partial charge in [0.1, 0.15) is 17.2 Å². The van der Waals surface area contributed by atoms with Crippen molar-refractivity contribution in [1.82, 2.24) is 5.32 Å². The monoisotopic (exact) mass is 460 g/mol. The van der Waals surface area contributed by atoms with Crippen LogP contribution in [0.3, 0.4) is 0 Å². The SMILES string of the molecule is CC(C)(C)OC(=O)N[C@@H](Cc1ccc(N(CCCl)CCCl)cc1)C(=O)OC(C)(C)C. The summed E-state index contributed by atoms with van der Waals surface area (Å²) in [5, 5.41) is 2.64. The predicted octanol–water partition coefficient (Wildman–Crippen LogP) is 4.75. The summed E-state index contributed by atoms with van der Waals surface area (Å²) in [7, 11) is 0. The molecule has 0 bridgehead atoms. The lowest BCUT2D eigenvalue weighted by Crippen LogP contribution is -2.47. The number of rotatable bonds is 9. The van der Waals surface area contributed by atoms with Gasteiger partial charge < -0.3 is 19.7 Å². The number of carbonyl (C=O) groups excluding carboxylic acids is 2. The summed E-state index contributed by atoms with van der Waals surface area (Å²) >= 11 is 11.8. The Labute approximate surface area is 190 Å². The molecule has 8 heteroatoms. The minimum absolute atomic E-state index is 0.277. The Morgan fingerprint density at radius 2 is 1.43 bits per heavy atom. The number of alkyl halides is 2. The van der Waals surface area contributed by atoms with E-state index in [1.54, 1.807) is 41.5 Å². The highest BCUT2D eigenvalue weighted by Gasteiger charge is 2.29. The molecule has 1 amide bonds. The Bertz CT molecular complexity index is 676. The van der Waals surface area contributed by atoms with E-state index in [1.165, 1.54) is 0 Å². The van der Waals surface area contributed by atoms with Crippen LogP contribution < -0.4 is 10.2 Å². The number of nitrogens with zero attached hydrogens (tertiary/aromatic N) is 1. The van der Waals surface area contributed by atoms with Gasteiger partial charge in [-0.1, -0.05) is 12.1 Å². The lowest BCUT2D eigenvalue weighted by molar-refractivity contribution is -0.157. The van der Waals surface area contributed by atoms with Crippen molar-refractivity contribution >= 4 is 41.0 Å². The Balaban J connectivity index is 2.96. The number of halogens is 2. The zero-order valence-corrected chi connectivity index (χ0v) is 20.3. The molecule has 6 nitrogen and oxygen atoms in total. The minimum Gasteiger partial charge on any atom is -0.458 e. The van der Waals surface area contributed by atoms with E-state index in [0.29, 0.717) is 24.8 Å². The van der Waals surface area contributed by atoms with Crippen LogP contribution in [0.2, 0.25) is 0 Å². The Morgan fingerprint density at radius 3 is 1.87 bits per heavy atom. The average Bonchev–Trinajstić information content (AvgIpc) is 2.58. The molecule has 30 heavy (non-hydrogen) atoms. The molecule has 0 radical (unpaired) electrons. The number of benzene rings is 1. The van der Waals surface area contributed by atoms with Crippen LogP contribution in [-0.2, 0) is 20.7 Å². The first-order valence-electron chi connectivity index (χ1n) is 10.0. The molecule has 0 spiro atoms. The van der Waals surface area contributed by atoms with Gasteiger partial charge >= 0.3 is 12.1 Å². The third-order valence-corrected chi connectivity index (χ3v) is 4.17. The van der Waals surface area contributed by atoms with Crippen molar-refractivity contribution in [1.29, 1.82) is 0 Å². The summed E-state index contributed by atoms with van der Waals surface area (Å²) in [5.74, 6) is 0.488. The van der Waals surface area contributed by atoms with E-state index in [2.05, 4.69) is 10.2 Å². The highest BCUT2D eigenvalue weighted by molar-refractivity contribution is 6.18. The van der Waals surface area contributed by atoms with Crippen molar-refractivity contribution in [2.45, 2.75) is 65.2 Å². The van der Waals surface area contributed by atoms with Gasteiger partial charge in [0.15, 0.2) is 0 Å². The van der Waals surface area contributed by atoms with E-state index in [-0.39, 0.29) is 6.42 Å². The minimum atomic E-state index is -0.869. The molecule has 1 rings (SSSR count). The van der Waals surface area contributed by atoms with Crippen molar-refractivity contribution in [2.75, 3.05) is 29.7 Å². The molecule has 0 unspecified atom stereocenters. The van der Waals surface area contributed by atoms with Crippen molar-refractivity contribution in [3.8, 4) is 0 Å². The molecule has 0 aliphatic carbocycles. The predicted molar refractivity (Wildman–Crippen MR) is 123 cm³/mol. The van der Waals surface area contributed by atoms with E-state index in [0.717, 1.165) is 11.3 Å². The molecule has 0 saturated carbocycles. The molecule has 1 atom stereocenters. The Kier molecular flexibility index (Phi) is 10.2. The van der Waals surface area contributed by atoms with Crippen LogP contribution in [0.5, 0.6) is 0 Å². The van der Waals surface area contributed by atoms with Crippen LogP contribution in [-0.4, -0.2) is 54.2 Å². The van der Waals surface area contributed by atoms with Crippen LogP contribution in [0, 0.1) is 0 Å². The quantitative estimate of drug-likeness (QED) is 0.425. The smallest absolute Gasteiger partial charge is 0.408 e. The third-order valence-electron chi connectivity index (χ3n) is 3.83. The van der Waals surface area contributed by atoms with Gasteiger partial charge in [-0.2, -0.15) is 0 Å². The maximum Gasteiger partial charge on any atom is 0.408 e. The number of amides is 1. The zero-order chi connectivity index (χ0) is 22.9. The van der Waals surface area contributed by atoms with Crippen LogP contribution in [0.15, 0.2) is 24.3 Å². The number of ether oxygens (including phenoxy) is 2. The molecule has 0 heterocycles. The fraction of sp³-hybridized carbons (Fsp3) is 0.636. The van der Waals surface area contributed by atoms with E-state index in [9.17, 15) is 9.59 Å². The topological polar surface area (TPSA) is 67.9 Å². The van der Waals surface area contributed by atoms with E-state index in [1.807, 2.05) is 24.3 Å². The zero-order valence-electron chi connectivity index (χ0n) is 18.8. The number of anilines is 1. The van der Waals surface area contributed by atoms with Crippen LogP contribution in [0.25, 0.3) is 0 Å². The largest absolute Gasteiger partial charge is 0.458 e. The molecule has 0 saturated heterocycles. The second-order valence-electron chi connectivity index (χ2n) is 8.97. The Morgan fingerprint density at radius 1 is 0.933 bits per heavy atom. The van der Waals surface area contributed by atoms with Gasteiger partial charge in [0.25, 0.3) is 0 Å². The molecule has 170 valence electrons. The van der Waals surface area contributed by atoms with Crippen LogP contribution in [0.4, 0.5) is 10.5 Å². The summed E-state index contributed by atoms with van der Waals surface area (Å²) in [4.78, 5) is 27.0. The molecule has 0 fully saturated rings. The molecule has 0 aliphatic rings. The Hall–Kier alpha value is -1.66. The normalized spacial score (nSPS) is 12.8. The number of alkyl carbamates (subject to hydrolysis) is 1. The molecule has 0 aliphatic heterocycles. The summed E-state index contributed by atoms with van der Waals surface area (Å²) in [6, 6.07) is 6.87. The van der Waals surface area contributed by atoms with E-state index >= 15 is 0 Å². The van der Waals surface area contributed by atoms with Crippen LogP contribution >= 0.6 is 23.2 Å². The third kappa shape index (κ3) is 10.4. The van der Waals surface area contributed by atoms with Crippen LogP contribution in [0.1, 0.15) is 47.1 Å². The lowest BCUT2D eigenvalue weighted by Gasteiger charge is -2.26. The summed E-state index contributed by atoms with van der Waals surface area (Å²) < 4.78 is 10.8. The first-order chi connectivity index (χ1) is 13.8. The average molecular weight is 461 g/mol. The van der Waals surface area contributed by atoms with Gasteiger partial charge in [-0.15, -0.1) is 23.2 Å². The maximum absolute atomic E-state index is 12.7.